The van der Waals surface area contributed by atoms with Crippen LogP contribution in [-0.4, -0.2) is 54.7 Å². The topological polar surface area (TPSA) is 141 Å². The molecule has 0 saturated carbocycles. The van der Waals surface area contributed by atoms with Crippen molar-refractivity contribution in [2.45, 2.75) is 25.2 Å². The van der Waals surface area contributed by atoms with Crippen LogP contribution in [0.2, 0.25) is 0 Å². The molecule has 1 N–H and O–H groups in total. The monoisotopic (exact) mass is 566 g/mol. The number of aromatic nitrogens is 4. The summed E-state index contributed by atoms with van der Waals surface area (Å²) in [6.45, 7) is 3.24. The van der Waals surface area contributed by atoms with Gasteiger partial charge in [-0.1, -0.05) is 12.1 Å². The summed E-state index contributed by atoms with van der Waals surface area (Å²) in [4.78, 5) is 4.23. The highest BCUT2D eigenvalue weighted by Crippen LogP contribution is 2.38. The van der Waals surface area contributed by atoms with Gasteiger partial charge in [-0.15, -0.1) is 10.2 Å². The van der Waals surface area contributed by atoms with Crippen molar-refractivity contribution >= 4 is 16.0 Å². The summed E-state index contributed by atoms with van der Waals surface area (Å²) in [7, 11) is -0.0620. The van der Waals surface area contributed by atoms with Gasteiger partial charge in [0.05, 0.1) is 25.9 Å². The third kappa shape index (κ3) is 5.45. The standard InChI is InChI=1S/C27H27FN6O5S/c1-16-11-19(15-30-14-16)26-31-32-27(34(26)24-22(37-3)7-6-8-23(24)38-4)33-40(35,36)17(2)25(39-5)20-10-9-18(13-29)12-21(20)28/h6-12,14-15,17,25H,1-5H3,(H,32,33)/t17-,25-/m1/s1. The molecule has 0 aliphatic heterocycles. The van der Waals surface area contributed by atoms with E-state index in [0.717, 1.165) is 11.6 Å². The van der Waals surface area contributed by atoms with Gasteiger partial charge in [0.1, 0.15) is 34.4 Å². The molecule has 11 nitrogen and oxygen atoms in total. The van der Waals surface area contributed by atoms with Crippen LogP contribution in [-0.2, 0) is 14.8 Å². The number of hydrogen-bond donors (Lipinski definition) is 1. The number of para-hydroxylation sites is 1. The van der Waals surface area contributed by atoms with Gasteiger partial charge >= 0.3 is 0 Å². The maximum absolute atomic E-state index is 14.8. The maximum atomic E-state index is 14.8. The van der Waals surface area contributed by atoms with Crippen molar-refractivity contribution in [3.63, 3.8) is 0 Å². The highest BCUT2D eigenvalue weighted by molar-refractivity contribution is 7.93. The number of anilines is 1. The number of halogens is 1. The van der Waals surface area contributed by atoms with Crippen LogP contribution in [0.4, 0.5) is 10.3 Å². The smallest absolute Gasteiger partial charge is 0.243 e. The van der Waals surface area contributed by atoms with Crippen LogP contribution in [0.15, 0.2) is 54.9 Å². The zero-order valence-corrected chi connectivity index (χ0v) is 23.2. The van der Waals surface area contributed by atoms with Crippen molar-refractivity contribution in [2.75, 3.05) is 26.1 Å². The lowest BCUT2D eigenvalue weighted by atomic mass is 10.0. The number of ether oxygens (including phenoxy) is 3. The number of pyridine rings is 1. The second kappa shape index (κ2) is 11.7. The second-order valence-electron chi connectivity index (χ2n) is 8.80. The third-order valence-corrected chi connectivity index (χ3v) is 7.95. The Kier molecular flexibility index (Phi) is 8.32. The molecule has 0 saturated heterocycles. The Hall–Kier alpha value is -4.54. The molecule has 2 aromatic heterocycles. The summed E-state index contributed by atoms with van der Waals surface area (Å²) >= 11 is 0. The van der Waals surface area contributed by atoms with E-state index < -0.39 is 27.2 Å². The predicted molar refractivity (Wildman–Crippen MR) is 145 cm³/mol. The number of nitrogens with one attached hydrogen (secondary N) is 1. The molecule has 0 bridgehead atoms. The molecule has 0 aliphatic carbocycles. The van der Waals surface area contributed by atoms with Crippen LogP contribution in [0.5, 0.6) is 11.5 Å². The summed E-state index contributed by atoms with van der Waals surface area (Å²) in [6.07, 6.45) is 2.04. The normalized spacial score (nSPS) is 12.8. The first kappa shape index (κ1) is 28.5. The summed E-state index contributed by atoms with van der Waals surface area (Å²) in [5.41, 5.74) is 1.84. The minimum absolute atomic E-state index is 0.0150. The first-order valence-corrected chi connectivity index (χ1v) is 13.5. The lowest BCUT2D eigenvalue weighted by Gasteiger charge is -2.24. The highest BCUT2D eigenvalue weighted by Gasteiger charge is 2.35. The van der Waals surface area contributed by atoms with E-state index in [1.807, 2.05) is 19.1 Å². The lowest BCUT2D eigenvalue weighted by Crippen LogP contribution is -2.33. The van der Waals surface area contributed by atoms with Crippen LogP contribution >= 0.6 is 0 Å². The molecule has 2 heterocycles. The average Bonchev–Trinajstić information content (AvgIpc) is 3.35. The van der Waals surface area contributed by atoms with E-state index in [-0.39, 0.29) is 22.9 Å². The summed E-state index contributed by atoms with van der Waals surface area (Å²) < 4.78 is 62.7. The lowest BCUT2D eigenvalue weighted by molar-refractivity contribution is 0.0992. The van der Waals surface area contributed by atoms with Gasteiger partial charge in [-0.2, -0.15) is 5.26 Å². The number of rotatable bonds is 10. The van der Waals surface area contributed by atoms with Crippen molar-refractivity contribution in [2.24, 2.45) is 0 Å². The molecule has 0 aliphatic rings. The Morgan fingerprint density at radius 2 is 1.75 bits per heavy atom. The van der Waals surface area contributed by atoms with E-state index in [9.17, 15) is 12.8 Å². The van der Waals surface area contributed by atoms with E-state index >= 15 is 0 Å². The van der Waals surface area contributed by atoms with E-state index in [0.29, 0.717) is 22.7 Å². The van der Waals surface area contributed by atoms with E-state index in [1.165, 1.54) is 45.0 Å². The van der Waals surface area contributed by atoms with Gasteiger partial charge in [0, 0.05) is 30.6 Å². The zero-order chi connectivity index (χ0) is 29.0. The Labute approximate surface area is 231 Å². The van der Waals surface area contributed by atoms with Crippen molar-refractivity contribution in [1.29, 1.82) is 5.26 Å². The van der Waals surface area contributed by atoms with Crippen molar-refractivity contribution in [3.05, 3.63) is 77.4 Å². The third-order valence-electron chi connectivity index (χ3n) is 6.26. The average molecular weight is 567 g/mol. The van der Waals surface area contributed by atoms with Gasteiger partial charge < -0.3 is 14.2 Å². The number of nitrogens with zero attached hydrogens (tertiary/aromatic N) is 5. The molecule has 0 radical (unpaired) electrons. The van der Waals surface area contributed by atoms with Gasteiger partial charge in [-0.05, 0) is 49.7 Å². The van der Waals surface area contributed by atoms with Crippen molar-refractivity contribution in [1.82, 2.24) is 19.7 Å². The van der Waals surface area contributed by atoms with Crippen molar-refractivity contribution in [3.8, 4) is 34.6 Å². The van der Waals surface area contributed by atoms with Gasteiger partial charge in [-0.25, -0.2) is 12.8 Å². The fraction of sp³-hybridized carbons (Fsp3) is 0.259. The molecule has 4 rings (SSSR count). The van der Waals surface area contributed by atoms with E-state index in [1.54, 1.807) is 30.6 Å². The van der Waals surface area contributed by atoms with Crippen LogP contribution in [0.1, 0.15) is 29.7 Å². The molecule has 2 atom stereocenters. The zero-order valence-electron chi connectivity index (χ0n) is 22.4. The minimum atomic E-state index is -4.28. The molecule has 40 heavy (non-hydrogen) atoms. The Balaban J connectivity index is 1.84. The fourth-order valence-electron chi connectivity index (χ4n) is 4.26. The number of nitriles is 1. The molecular formula is C27H27FN6O5S. The van der Waals surface area contributed by atoms with Crippen LogP contribution < -0.4 is 14.2 Å². The van der Waals surface area contributed by atoms with E-state index in [4.69, 9.17) is 19.5 Å². The molecule has 4 aromatic rings. The number of benzene rings is 2. The molecule has 0 amide bonds. The van der Waals surface area contributed by atoms with Crippen molar-refractivity contribution < 1.29 is 27.0 Å². The molecule has 13 heteroatoms. The van der Waals surface area contributed by atoms with Gasteiger partial charge in [0.25, 0.3) is 0 Å². The quantitative estimate of drug-likeness (QED) is 0.299. The van der Waals surface area contributed by atoms with Gasteiger partial charge in [-0.3, -0.25) is 14.3 Å². The molecule has 208 valence electrons. The van der Waals surface area contributed by atoms with Crippen LogP contribution in [0.25, 0.3) is 17.1 Å². The molecule has 2 aromatic carbocycles. The SMILES string of the molecule is COc1cccc(OC)c1-n1c(NS(=O)(=O)[C@H](C)[C@@H](OC)c2ccc(C#N)cc2F)nnc1-c1cncc(C)c1. The number of sulfonamides is 1. The Morgan fingerprint density at radius 1 is 1.05 bits per heavy atom. The fourth-order valence-corrected chi connectivity index (χ4v) is 5.42. The summed E-state index contributed by atoms with van der Waals surface area (Å²) in [5.74, 6) is 0.0732. The van der Waals surface area contributed by atoms with Crippen LogP contribution in [0.3, 0.4) is 0 Å². The number of aryl methyl sites for hydroxylation is 1. The minimum Gasteiger partial charge on any atom is -0.494 e. The maximum Gasteiger partial charge on any atom is 0.243 e. The van der Waals surface area contributed by atoms with Crippen LogP contribution in [0, 0.1) is 24.1 Å². The number of hydrogen-bond acceptors (Lipinski definition) is 9. The summed E-state index contributed by atoms with van der Waals surface area (Å²) in [5, 5.41) is 16.2. The van der Waals surface area contributed by atoms with E-state index in [2.05, 4.69) is 19.9 Å². The van der Waals surface area contributed by atoms with Gasteiger partial charge in [0.2, 0.25) is 16.0 Å². The Morgan fingerprint density at radius 3 is 2.33 bits per heavy atom. The Bertz CT molecular complexity index is 1660. The second-order valence-corrected chi connectivity index (χ2v) is 10.8. The first-order chi connectivity index (χ1) is 19.1. The highest BCUT2D eigenvalue weighted by atomic mass is 32.2. The number of methoxy groups -OCH3 is 3. The predicted octanol–water partition coefficient (Wildman–Crippen LogP) is 4.18. The summed E-state index contributed by atoms with van der Waals surface area (Å²) in [6, 6.07) is 12.5. The molecule has 0 spiro atoms. The van der Waals surface area contributed by atoms with Gasteiger partial charge in [0.15, 0.2) is 5.82 Å². The first-order valence-electron chi connectivity index (χ1n) is 12.0. The molecular weight excluding hydrogens is 539 g/mol. The largest absolute Gasteiger partial charge is 0.494 e. The molecule has 0 unspecified atom stereocenters. The molecule has 0 fully saturated rings.